The molecule has 0 aromatic heterocycles. The fraction of sp³-hybridized carbons (Fsp3) is 0.917. The third-order valence-corrected chi connectivity index (χ3v) is 3.96. The molecule has 16 heavy (non-hydrogen) atoms. The van der Waals surface area contributed by atoms with Crippen LogP contribution in [0, 0.1) is 5.41 Å². The van der Waals surface area contributed by atoms with E-state index in [1.54, 1.807) is 0 Å². The van der Waals surface area contributed by atoms with Gasteiger partial charge in [-0.3, -0.25) is 0 Å². The minimum absolute atomic E-state index is 0.0914. The van der Waals surface area contributed by atoms with E-state index in [1.165, 1.54) is 19.3 Å². The van der Waals surface area contributed by atoms with Crippen LogP contribution in [0.2, 0.25) is 0 Å². The molecule has 2 fully saturated rings. The fourth-order valence-corrected chi connectivity index (χ4v) is 2.37. The topological polar surface area (TPSA) is 58.6 Å². The predicted octanol–water partition coefficient (Wildman–Crippen LogP) is 1.40. The SMILES string of the molecule is CCC1(CNCC2CCC(C(=O)O)O2)CC1. The van der Waals surface area contributed by atoms with Crippen molar-refractivity contribution in [2.24, 2.45) is 5.41 Å². The number of hydrogen-bond acceptors (Lipinski definition) is 3. The summed E-state index contributed by atoms with van der Waals surface area (Å²) in [4.78, 5) is 10.7. The van der Waals surface area contributed by atoms with Crippen molar-refractivity contribution in [2.45, 2.75) is 51.2 Å². The molecule has 0 radical (unpaired) electrons. The van der Waals surface area contributed by atoms with Crippen LogP contribution >= 0.6 is 0 Å². The van der Waals surface area contributed by atoms with Crippen LogP contribution in [0.1, 0.15) is 39.0 Å². The zero-order valence-electron chi connectivity index (χ0n) is 9.87. The summed E-state index contributed by atoms with van der Waals surface area (Å²) in [7, 11) is 0. The Hall–Kier alpha value is -0.610. The van der Waals surface area contributed by atoms with Gasteiger partial charge in [0.05, 0.1) is 6.10 Å². The highest BCUT2D eigenvalue weighted by Crippen LogP contribution is 2.47. The van der Waals surface area contributed by atoms with E-state index in [2.05, 4.69) is 12.2 Å². The summed E-state index contributed by atoms with van der Waals surface area (Å²) in [5, 5.41) is 12.2. The molecular formula is C12H21NO3. The van der Waals surface area contributed by atoms with Crippen molar-refractivity contribution >= 4 is 5.97 Å². The average Bonchev–Trinajstić information content (AvgIpc) is 2.88. The largest absolute Gasteiger partial charge is 0.479 e. The summed E-state index contributed by atoms with van der Waals surface area (Å²) in [5.74, 6) is -0.824. The smallest absolute Gasteiger partial charge is 0.332 e. The van der Waals surface area contributed by atoms with Crippen LogP contribution in [0.4, 0.5) is 0 Å². The molecule has 2 aliphatic rings. The lowest BCUT2D eigenvalue weighted by Gasteiger charge is -2.16. The quantitative estimate of drug-likeness (QED) is 0.720. The third-order valence-electron chi connectivity index (χ3n) is 3.96. The Labute approximate surface area is 96.4 Å². The van der Waals surface area contributed by atoms with Crippen molar-refractivity contribution < 1.29 is 14.6 Å². The minimum atomic E-state index is -0.824. The van der Waals surface area contributed by atoms with Gasteiger partial charge in [0.2, 0.25) is 0 Å². The van der Waals surface area contributed by atoms with Gasteiger partial charge in [-0.2, -0.15) is 0 Å². The first-order chi connectivity index (χ1) is 7.65. The summed E-state index contributed by atoms with van der Waals surface area (Å²) in [6, 6.07) is 0. The normalized spacial score (nSPS) is 31.6. The second kappa shape index (κ2) is 4.72. The van der Waals surface area contributed by atoms with Gasteiger partial charge in [0.1, 0.15) is 0 Å². The molecule has 2 atom stereocenters. The molecule has 1 aliphatic heterocycles. The van der Waals surface area contributed by atoms with Crippen molar-refractivity contribution in [2.75, 3.05) is 13.1 Å². The molecule has 1 saturated carbocycles. The van der Waals surface area contributed by atoms with Crippen LogP contribution in [-0.2, 0) is 9.53 Å². The van der Waals surface area contributed by atoms with E-state index in [4.69, 9.17) is 9.84 Å². The molecule has 2 N–H and O–H groups in total. The van der Waals surface area contributed by atoms with Crippen LogP contribution in [0.5, 0.6) is 0 Å². The number of hydrogen-bond donors (Lipinski definition) is 2. The van der Waals surface area contributed by atoms with E-state index in [0.29, 0.717) is 11.8 Å². The van der Waals surface area contributed by atoms with Gasteiger partial charge in [0.25, 0.3) is 0 Å². The first-order valence-corrected chi connectivity index (χ1v) is 6.24. The average molecular weight is 227 g/mol. The number of nitrogens with one attached hydrogen (secondary N) is 1. The van der Waals surface area contributed by atoms with Gasteiger partial charge in [0, 0.05) is 13.1 Å². The highest BCUT2D eigenvalue weighted by atomic mass is 16.5. The number of aliphatic carboxylic acids is 1. The standard InChI is InChI=1S/C12H21NO3/c1-2-12(5-6-12)8-13-7-9-3-4-10(16-9)11(14)15/h9-10,13H,2-8H2,1H3,(H,14,15). The Morgan fingerprint density at radius 2 is 2.25 bits per heavy atom. The molecule has 2 unspecified atom stereocenters. The maximum atomic E-state index is 10.7. The third kappa shape index (κ3) is 2.74. The van der Waals surface area contributed by atoms with E-state index in [9.17, 15) is 4.79 Å². The highest BCUT2D eigenvalue weighted by molar-refractivity contribution is 5.72. The van der Waals surface area contributed by atoms with Gasteiger partial charge >= 0.3 is 5.97 Å². The van der Waals surface area contributed by atoms with Gasteiger partial charge in [-0.15, -0.1) is 0 Å². The second-order valence-electron chi connectivity index (χ2n) is 5.15. The molecule has 2 rings (SSSR count). The van der Waals surface area contributed by atoms with Gasteiger partial charge in [0.15, 0.2) is 6.10 Å². The zero-order valence-corrected chi connectivity index (χ0v) is 9.87. The maximum Gasteiger partial charge on any atom is 0.332 e. The summed E-state index contributed by atoms with van der Waals surface area (Å²) in [6.45, 7) is 4.09. The lowest BCUT2D eigenvalue weighted by atomic mass is 10.0. The number of carbonyl (C=O) groups is 1. The monoisotopic (exact) mass is 227 g/mol. The molecule has 4 heteroatoms. The number of carboxylic acids is 1. The Kier molecular flexibility index (Phi) is 3.50. The lowest BCUT2D eigenvalue weighted by molar-refractivity contribution is -0.149. The van der Waals surface area contributed by atoms with Gasteiger partial charge in [-0.1, -0.05) is 6.92 Å². The van der Waals surface area contributed by atoms with E-state index in [-0.39, 0.29) is 6.10 Å². The molecule has 1 aliphatic carbocycles. The van der Waals surface area contributed by atoms with Crippen molar-refractivity contribution in [3.8, 4) is 0 Å². The molecule has 0 spiro atoms. The van der Waals surface area contributed by atoms with Crippen molar-refractivity contribution in [3.05, 3.63) is 0 Å². The number of rotatable bonds is 6. The molecule has 1 saturated heterocycles. The number of ether oxygens (including phenoxy) is 1. The van der Waals surface area contributed by atoms with E-state index < -0.39 is 12.1 Å². The molecule has 0 aromatic carbocycles. The Morgan fingerprint density at radius 3 is 2.75 bits per heavy atom. The molecule has 0 aromatic rings. The Balaban J connectivity index is 1.62. The summed E-state index contributed by atoms with van der Waals surface area (Å²) in [5.41, 5.74) is 0.546. The van der Waals surface area contributed by atoms with Crippen LogP contribution < -0.4 is 5.32 Å². The van der Waals surface area contributed by atoms with Crippen LogP contribution in [-0.4, -0.2) is 36.4 Å². The minimum Gasteiger partial charge on any atom is -0.479 e. The van der Waals surface area contributed by atoms with Gasteiger partial charge in [-0.05, 0) is 37.5 Å². The van der Waals surface area contributed by atoms with Crippen molar-refractivity contribution in [3.63, 3.8) is 0 Å². The highest BCUT2D eigenvalue weighted by Gasteiger charge is 2.40. The van der Waals surface area contributed by atoms with E-state index in [1.807, 2.05) is 0 Å². The molecular weight excluding hydrogens is 206 g/mol. The van der Waals surface area contributed by atoms with E-state index >= 15 is 0 Å². The summed E-state index contributed by atoms with van der Waals surface area (Å²) in [6.07, 6.45) is 4.94. The van der Waals surface area contributed by atoms with Crippen LogP contribution in [0.15, 0.2) is 0 Å². The molecule has 0 amide bonds. The van der Waals surface area contributed by atoms with Gasteiger partial charge in [-0.25, -0.2) is 4.79 Å². The fourth-order valence-electron chi connectivity index (χ4n) is 2.37. The Bertz CT molecular complexity index is 263. The maximum absolute atomic E-state index is 10.7. The van der Waals surface area contributed by atoms with Gasteiger partial charge < -0.3 is 15.2 Å². The molecule has 4 nitrogen and oxygen atoms in total. The Morgan fingerprint density at radius 1 is 1.50 bits per heavy atom. The molecule has 0 bridgehead atoms. The van der Waals surface area contributed by atoms with Crippen LogP contribution in [0.3, 0.4) is 0 Å². The number of carboxylic acid groups (broad SMARTS) is 1. The van der Waals surface area contributed by atoms with E-state index in [0.717, 1.165) is 19.5 Å². The van der Waals surface area contributed by atoms with Crippen molar-refractivity contribution in [1.29, 1.82) is 0 Å². The summed E-state index contributed by atoms with van der Waals surface area (Å²) < 4.78 is 5.43. The first kappa shape index (κ1) is 11.9. The second-order valence-corrected chi connectivity index (χ2v) is 5.15. The summed E-state index contributed by atoms with van der Waals surface area (Å²) >= 11 is 0. The van der Waals surface area contributed by atoms with Crippen LogP contribution in [0.25, 0.3) is 0 Å². The molecule has 92 valence electrons. The first-order valence-electron chi connectivity index (χ1n) is 6.24. The zero-order chi connectivity index (χ0) is 11.6. The van der Waals surface area contributed by atoms with Crippen molar-refractivity contribution in [1.82, 2.24) is 5.32 Å². The molecule has 1 heterocycles. The predicted molar refractivity (Wildman–Crippen MR) is 60.4 cm³/mol. The lowest BCUT2D eigenvalue weighted by Crippen LogP contribution is -2.32.